The first-order valence-corrected chi connectivity index (χ1v) is 11.5. The van der Waals surface area contributed by atoms with E-state index in [1.165, 1.54) is 35.0 Å². The molecule has 31 heavy (non-hydrogen) atoms. The zero-order valence-electron chi connectivity index (χ0n) is 16.1. The normalized spacial score (nSPS) is 11.5. The van der Waals surface area contributed by atoms with E-state index in [1.807, 2.05) is 0 Å². The molecule has 0 unspecified atom stereocenters. The molecule has 2 aromatic heterocycles. The van der Waals surface area contributed by atoms with Gasteiger partial charge >= 0.3 is 6.18 Å². The van der Waals surface area contributed by atoms with Crippen LogP contribution in [0.25, 0.3) is 5.69 Å². The molecule has 12 heteroatoms. The summed E-state index contributed by atoms with van der Waals surface area (Å²) in [5.41, 5.74) is -0.576. The van der Waals surface area contributed by atoms with Gasteiger partial charge in [0, 0.05) is 25.6 Å². The summed E-state index contributed by atoms with van der Waals surface area (Å²) in [6.07, 6.45) is -4.24. The molecule has 0 atom stereocenters. The van der Waals surface area contributed by atoms with E-state index in [1.54, 1.807) is 12.1 Å². The highest BCUT2D eigenvalue weighted by Crippen LogP contribution is 2.32. The summed E-state index contributed by atoms with van der Waals surface area (Å²) in [6, 6.07) is 8.28. The third kappa shape index (κ3) is 6.17. The van der Waals surface area contributed by atoms with Gasteiger partial charge in [0.2, 0.25) is 5.91 Å². The van der Waals surface area contributed by atoms with Gasteiger partial charge in [-0.1, -0.05) is 17.8 Å². The van der Waals surface area contributed by atoms with Crippen molar-refractivity contribution in [1.29, 1.82) is 0 Å². The van der Waals surface area contributed by atoms with Gasteiger partial charge in [0.25, 0.3) is 0 Å². The summed E-state index contributed by atoms with van der Waals surface area (Å²) in [4.78, 5) is 24.1. The number of rotatable bonds is 8. The van der Waals surface area contributed by atoms with Crippen molar-refractivity contribution in [2.45, 2.75) is 24.7 Å². The summed E-state index contributed by atoms with van der Waals surface area (Å²) in [5, 5.41) is 11.1. The third-order valence-electron chi connectivity index (χ3n) is 4.03. The van der Waals surface area contributed by atoms with Crippen LogP contribution in [0.1, 0.15) is 28.0 Å². The van der Waals surface area contributed by atoms with E-state index >= 15 is 0 Å². The van der Waals surface area contributed by atoms with Gasteiger partial charge in [-0.15, -0.1) is 21.5 Å². The number of hydrogen-bond donors (Lipinski definition) is 1. The van der Waals surface area contributed by atoms with Crippen molar-refractivity contribution in [3.8, 4) is 5.69 Å². The quantitative estimate of drug-likeness (QED) is 0.334. The maximum absolute atomic E-state index is 13.2. The van der Waals surface area contributed by atoms with Gasteiger partial charge < -0.3 is 5.32 Å². The minimum Gasteiger partial charge on any atom is -0.356 e. The molecule has 0 bridgehead atoms. The van der Waals surface area contributed by atoms with Crippen LogP contribution in [0, 0.1) is 0 Å². The second-order valence-corrected chi connectivity index (χ2v) is 9.74. The fourth-order valence-electron chi connectivity index (χ4n) is 2.65. The van der Waals surface area contributed by atoms with Crippen molar-refractivity contribution in [2.75, 3.05) is 12.3 Å². The van der Waals surface area contributed by atoms with Crippen LogP contribution in [0.5, 0.6) is 0 Å². The third-order valence-corrected chi connectivity index (χ3v) is 6.63. The minimum absolute atomic E-state index is 0.0513. The van der Waals surface area contributed by atoms with Crippen molar-refractivity contribution >= 4 is 50.7 Å². The first-order chi connectivity index (χ1) is 14.6. The number of hydrogen-bond acceptors (Lipinski definition) is 6. The Bertz CT molecular complexity index is 1100. The first-order valence-electron chi connectivity index (χ1n) is 8.93. The lowest BCUT2D eigenvalue weighted by Crippen LogP contribution is -2.23. The van der Waals surface area contributed by atoms with Gasteiger partial charge in [-0.25, -0.2) is 0 Å². The number of nitrogens with one attached hydrogen (secondary N) is 1. The number of thioether (sulfide) groups is 1. The molecule has 0 radical (unpaired) electrons. The predicted octanol–water partition coefficient (Wildman–Crippen LogP) is 4.76. The monoisotopic (exact) mass is 532 g/mol. The van der Waals surface area contributed by atoms with E-state index in [-0.39, 0.29) is 36.1 Å². The Morgan fingerprint density at radius 1 is 1.23 bits per heavy atom. The summed E-state index contributed by atoms with van der Waals surface area (Å²) in [7, 11) is 0. The van der Waals surface area contributed by atoms with Gasteiger partial charge in [0.15, 0.2) is 10.9 Å². The molecule has 0 spiro atoms. The molecule has 0 saturated heterocycles. The Morgan fingerprint density at radius 2 is 2.00 bits per heavy atom. The van der Waals surface area contributed by atoms with E-state index in [9.17, 15) is 22.8 Å². The molecule has 164 valence electrons. The van der Waals surface area contributed by atoms with Crippen molar-refractivity contribution in [3.63, 3.8) is 0 Å². The van der Waals surface area contributed by atoms with Crippen LogP contribution in [-0.4, -0.2) is 38.8 Å². The van der Waals surface area contributed by atoms with Crippen molar-refractivity contribution in [1.82, 2.24) is 20.1 Å². The molecule has 3 rings (SSSR count). The van der Waals surface area contributed by atoms with E-state index < -0.39 is 11.7 Å². The number of Topliss-reactive ketones (excluding diaryl/α,β-unsaturated/α-hetero) is 1. The van der Waals surface area contributed by atoms with Gasteiger partial charge in [-0.2, -0.15) is 13.2 Å². The number of benzene rings is 1. The van der Waals surface area contributed by atoms with Crippen LogP contribution in [0.2, 0.25) is 0 Å². The van der Waals surface area contributed by atoms with Gasteiger partial charge in [0.05, 0.1) is 20.0 Å². The zero-order valence-corrected chi connectivity index (χ0v) is 19.3. The lowest BCUT2D eigenvalue weighted by atomic mass is 10.2. The smallest absolute Gasteiger partial charge is 0.356 e. The Balaban J connectivity index is 1.89. The molecular formula is C19H16BrF3N4O2S2. The van der Waals surface area contributed by atoms with Crippen LogP contribution >= 0.6 is 39.0 Å². The van der Waals surface area contributed by atoms with Crippen LogP contribution in [-0.2, 0) is 17.4 Å². The molecule has 0 aliphatic rings. The van der Waals surface area contributed by atoms with Crippen molar-refractivity contribution < 1.29 is 22.8 Å². The van der Waals surface area contributed by atoms with Crippen LogP contribution in [0.4, 0.5) is 13.2 Å². The standard InChI is InChI=1S/C19H16BrF3N4O2S2/c1-11(28)24-8-7-17-25-26-18(30-10-14(29)15-5-6-16(20)31-15)27(17)13-4-2-3-12(9-13)19(21,22)23/h2-6,9H,7-8,10H2,1H3,(H,24,28). The van der Waals surface area contributed by atoms with E-state index in [2.05, 4.69) is 31.4 Å². The highest BCUT2D eigenvalue weighted by atomic mass is 79.9. The molecule has 0 saturated carbocycles. The van der Waals surface area contributed by atoms with Crippen LogP contribution < -0.4 is 5.32 Å². The fraction of sp³-hybridized carbons (Fsp3) is 0.263. The highest BCUT2D eigenvalue weighted by Gasteiger charge is 2.31. The van der Waals surface area contributed by atoms with Gasteiger partial charge in [-0.05, 0) is 46.3 Å². The molecule has 3 aromatic rings. The highest BCUT2D eigenvalue weighted by molar-refractivity contribution is 9.11. The number of nitrogens with zero attached hydrogens (tertiary/aromatic N) is 3. The molecule has 0 aliphatic heterocycles. The molecular weight excluding hydrogens is 517 g/mol. The Kier molecular flexibility index (Phi) is 7.55. The fourth-order valence-corrected chi connectivity index (χ4v) is 4.92. The number of ketones is 1. The average molecular weight is 533 g/mol. The maximum Gasteiger partial charge on any atom is 0.416 e. The second kappa shape index (κ2) is 9.96. The molecule has 1 amide bonds. The Morgan fingerprint density at radius 3 is 2.65 bits per heavy atom. The topological polar surface area (TPSA) is 76.9 Å². The predicted molar refractivity (Wildman–Crippen MR) is 116 cm³/mol. The minimum atomic E-state index is -4.50. The second-order valence-electron chi connectivity index (χ2n) is 6.33. The Labute approximate surface area is 192 Å². The lowest BCUT2D eigenvalue weighted by molar-refractivity contribution is -0.137. The van der Waals surface area contributed by atoms with Crippen LogP contribution in [0.3, 0.4) is 0 Å². The van der Waals surface area contributed by atoms with Crippen molar-refractivity contribution in [3.05, 3.63) is 56.4 Å². The molecule has 0 fully saturated rings. The number of carbonyl (C=O) groups is 2. The number of halogens is 4. The summed E-state index contributed by atoms with van der Waals surface area (Å²) in [5.74, 6) is 0.0730. The zero-order chi connectivity index (χ0) is 22.6. The summed E-state index contributed by atoms with van der Waals surface area (Å²) in [6.45, 7) is 1.62. The number of amides is 1. The van der Waals surface area contributed by atoms with Gasteiger partial charge in [-0.3, -0.25) is 14.2 Å². The van der Waals surface area contributed by atoms with E-state index in [4.69, 9.17) is 0 Å². The first kappa shape index (κ1) is 23.5. The molecule has 0 aliphatic carbocycles. The maximum atomic E-state index is 13.2. The number of carbonyl (C=O) groups excluding carboxylic acids is 2. The van der Waals surface area contributed by atoms with Crippen molar-refractivity contribution in [2.24, 2.45) is 0 Å². The van der Waals surface area contributed by atoms with E-state index in [0.717, 1.165) is 27.7 Å². The van der Waals surface area contributed by atoms with Gasteiger partial charge in [0.1, 0.15) is 5.82 Å². The number of thiophene rings is 1. The molecule has 1 N–H and O–H groups in total. The van der Waals surface area contributed by atoms with Crippen LogP contribution in [0.15, 0.2) is 45.3 Å². The Hall–Kier alpha value is -2.18. The molecule has 6 nitrogen and oxygen atoms in total. The SMILES string of the molecule is CC(=O)NCCc1nnc(SCC(=O)c2ccc(Br)s2)n1-c1cccc(C(F)(F)F)c1. The average Bonchev–Trinajstić information content (AvgIpc) is 3.31. The summed E-state index contributed by atoms with van der Waals surface area (Å²) < 4.78 is 41.9. The number of aromatic nitrogens is 3. The number of alkyl halides is 3. The molecule has 2 heterocycles. The van der Waals surface area contributed by atoms with E-state index in [0.29, 0.717) is 15.9 Å². The lowest BCUT2D eigenvalue weighted by Gasteiger charge is -2.13. The largest absolute Gasteiger partial charge is 0.416 e. The summed E-state index contributed by atoms with van der Waals surface area (Å²) >= 11 is 5.70. The molecule has 1 aromatic carbocycles.